The van der Waals surface area contributed by atoms with Gasteiger partial charge in [-0.3, -0.25) is 14.4 Å². The van der Waals surface area contributed by atoms with Crippen LogP contribution in [0.5, 0.6) is 0 Å². The average molecular weight is 330 g/mol. The van der Waals surface area contributed by atoms with Crippen LogP contribution in [-0.4, -0.2) is 47.5 Å². The van der Waals surface area contributed by atoms with Gasteiger partial charge in [0.1, 0.15) is 18.2 Å². The SMILES string of the molecule is O=C(COC(=O)CN1CCSC1=O)Nc1cc(F)ccc1F. The molecule has 1 saturated heterocycles. The quantitative estimate of drug-likeness (QED) is 0.830. The second-order valence-electron chi connectivity index (χ2n) is 4.37. The fourth-order valence-electron chi connectivity index (χ4n) is 1.70. The zero-order valence-electron chi connectivity index (χ0n) is 11.3. The van der Waals surface area contributed by atoms with Crippen molar-refractivity contribution in [3.05, 3.63) is 29.8 Å². The van der Waals surface area contributed by atoms with Crippen molar-refractivity contribution in [3.63, 3.8) is 0 Å². The number of benzene rings is 1. The molecule has 22 heavy (non-hydrogen) atoms. The smallest absolute Gasteiger partial charge is 0.326 e. The van der Waals surface area contributed by atoms with Gasteiger partial charge in [-0.1, -0.05) is 11.8 Å². The van der Waals surface area contributed by atoms with Gasteiger partial charge in [-0.05, 0) is 12.1 Å². The van der Waals surface area contributed by atoms with Crippen LogP contribution in [-0.2, 0) is 14.3 Å². The van der Waals surface area contributed by atoms with Crippen molar-refractivity contribution in [1.82, 2.24) is 4.90 Å². The van der Waals surface area contributed by atoms with Gasteiger partial charge in [0.2, 0.25) is 0 Å². The van der Waals surface area contributed by atoms with Crippen LogP contribution in [0.25, 0.3) is 0 Å². The molecule has 0 bridgehead atoms. The predicted molar refractivity (Wildman–Crippen MR) is 75.4 cm³/mol. The molecule has 0 atom stereocenters. The van der Waals surface area contributed by atoms with E-state index in [0.29, 0.717) is 12.3 Å². The number of rotatable bonds is 5. The summed E-state index contributed by atoms with van der Waals surface area (Å²) in [6, 6.07) is 2.60. The number of halogens is 2. The zero-order valence-corrected chi connectivity index (χ0v) is 12.1. The number of anilines is 1. The minimum absolute atomic E-state index is 0.219. The van der Waals surface area contributed by atoms with Crippen LogP contribution in [0.15, 0.2) is 18.2 Å². The summed E-state index contributed by atoms with van der Waals surface area (Å²) in [7, 11) is 0. The van der Waals surface area contributed by atoms with Gasteiger partial charge in [-0.2, -0.15) is 0 Å². The molecule has 0 aliphatic carbocycles. The van der Waals surface area contributed by atoms with Crippen molar-refractivity contribution >= 4 is 34.6 Å². The number of ether oxygens (including phenoxy) is 1. The van der Waals surface area contributed by atoms with Gasteiger partial charge >= 0.3 is 5.97 Å². The first kappa shape index (κ1) is 16.2. The van der Waals surface area contributed by atoms with Gasteiger partial charge in [-0.25, -0.2) is 8.78 Å². The Morgan fingerprint density at radius 1 is 1.36 bits per heavy atom. The number of amides is 2. The molecule has 0 radical (unpaired) electrons. The van der Waals surface area contributed by atoms with Gasteiger partial charge in [0.05, 0.1) is 5.69 Å². The van der Waals surface area contributed by atoms with Gasteiger partial charge in [0.25, 0.3) is 11.1 Å². The first-order chi connectivity index (χ1) is 10.5. The lowest BCUT2D eigenvalue weighted by Gasteiger charge is -2.13. The topological polar surface area (TPSA) is 75.7 Å². The number of esters is 1. The molecule has 1 aliphatic rings. The van der Waals surface area contributed by atoms with Crippen LogP contribution in [0.3, 0.4) is 0 Å². The largest absolute Gasteiger partial charge is 0.454 e. The summed E-state index contributed by atoms with van der Waals surface area (Å²) in [5, 5.41) is 1.87. The molecular formula is C13H12F2N2O4S. The number of hydrogen-bond donors (Lipinski definition) is 1. The molecule has 1 heterocycles. The highest BCUT2D eigenvalue weighted by atomic mass is 32.2. The Bertz CT molecular complexity index is 612. The van der Waals surface area contributed by atoms with Gasteiger partial charge in [0, 0.05) is 18.4 Å². The van der Waals surface area contributed by atoms with Crippen LogP contribution in [0.1, 0.15) is 0 Å². The van der Waals surface area contributed by atoms with Crippen LogP contribution in [0.2, 0.25) is 0 Å². The molecular weight excluding hydrogens is 318 g/mol. The Balaban J connectivity index is 1.78. The standard InChI is InChI=1S/C13H12F2N2O4S/c14-8-1-2-9(15)10(5-8)16-11(18)7-21-12(19)6-17-3-4-22-13(17)20/h1-2,5H,3-4,6-7H2,(H,16,18). The molecule has 2 rings (SSSR count). The second kappa shape index (κ2) is 7.21. The van der Waals surface area contributed by atoms with Crippen molar-refractivity contribution in [2.75, 3.05) is 30.8 Å². The number of carbonyl (C=O) groups excluding carboxylic acids is 3. The summed E-state index contributed by atoms with van der Waals surface area (Å²) in [4.78, 5) is 35.6. The number of hydrogen-bond acceptors (Lipinski definition) is 5. The summed E-state index contributed by atoms with van der Waals surface area (Å²) in [5.41, 5.74) is -0.341. The zero-order chi connectivity index (χ0) is 16.1. The lowest BCUT2D eigenvalue weighted by atomic mass is 10.3. The van der Waals surface area contributed by atoms with Gasteiger partial charge in [-0.15, -0.1) is 0 Å². The van der Waals surface area contributed by atoms with E-state index in [1.54, 1.807) is 0 Å². The van der Waals surface area contributed by atoms with Gasteiger partial charge < -0.3 is 15.0 Å². The highest BCUT2D eigenvalue weighted by Gasteiger charge is 2.24. The first-order valence-corrected chi connectivity index (χ1v) is 7.26. The molecule has 0 saturated carbocycles. The summed E-state index contributed by atoms with van der Waals surface area (Å²) in [6.45, 7) is -0.448. The molecule has 1 aliphatic heterocycles. The van der Waals surface area contributed by atoms with E-state index in [9.17, 15) is 23.2 Å². The van der Waals surface area contributed by atoms with E-state index in [1.165, 1.54) is 4.90 Å². The number of nitrogens with zero attached hydrogens (tertiary/aromatic N) is 1. The van der Waals surface area contributed by atoms with E-state index >= 15 is 0 Å². The molecule has 1 fully saturated rings. The second-order valence-corrected chi connectivity index (χ2v) is 5.42. The van der Waals surface area contributed by atoms with E-state index in [0.717, 1.165) is 30.0 Å². The lowest BCUT2D eigenvalue weighted by Crippen LogP contribution is -2.32. The van der Waals surface area contributed by atoms with E-state index in [1.807, 2.05) is 0 Å². The normalized spacial score (nSPS) is 14.1. The van der Waals surface area contributed by atoms with Crippen molar-refractivity contribution in [1.29, 1.82) is 0 Å². The first-order valence-electron chi connectivity index (χ1n) is 6.28. The monoisotopic (exact) mass is 330 g/mol. The Hall–Kier alpha value is -2.16. The van der Waals surface area contributed by atoms with Gasteiger partial charge in [0.15, 0.2) is 6.61 Å². The minimum atomic E-state index is -0.806. The molecule has 1 aromatic rings. The highest BCUT2D eigenvalue weighted by molar-refractivity contribution is 8.13. The molecule has 6 nitrogen and oxygen atoms in total. The van der Waals surface area contributed by atoms with Crippen LogP contribution in [0, 0.1) is 11.6 Å². The molecule has 9 heteroatoms. The van der Waals surface area contributed by atoms with E-state index in [2.05, 4.69) is 10.1 Å². The van der Waals surface area contributed by atoms with Crippen molar-refractivity contribution in [2.45, 2.75) is 0 Å². The van der Waals surface area contributed by atoms with E-state index in [-0.39, 0.29) is 17.5 Å². The maximum absolute atomic E-state index is 13.3. The van der Waals surface area contributed by atoms with E-state index in [4.69, 9.17) is 0 Å². The Kier molecular flexibility index (Phi) is 5.31. The summed E-state index contributed by atoms with van der Waals surface area (Å²) >= 11 is 1.10. The summed E-state index contributed by atoms with van der Waals surface area (Å²) < 4.78 is 30.9. The predicted octanol–water partition coefficient (Wildman–Crippen LogP) is 1.62. The van der Waals surface area contributed by atoms with Crippen molar-refractivity contribution in [2.24, 2.45) is 0 Å². The lowest BCUT2D eigenvalue weighted by molar-refractivity contribution is -0.147. The minimum Gasteiger partial charge on any atom is -0.454 e. The third-order valence-electron chi connectivity index (χ3n) is 2.73. The molecule has 118 valence electrons. The summed E-state index contributed by atoms with van der Waals surface area (Å²) in [6.07, 6.45) is 0. The van der Waals surface area contributed by atoms with Crippen LogP contribution < -0.4 is 5.32 Å². The Labute approximate surface area is 128 Å². The molecule has 2 amide bonds. The van der Waals surface area contributed by atoms with Crippen molar-refractivity contribution in [3.8, 4) is 0 Å². The maximum atomic E-state index is 13.3. The summed E-state index contributed by atoms with van der Waals surface area (Å²) in [5.74, 6) is -2.46. The van der Waals surface area contributed by atoms with Crippen molar-refractivity contribution < 1.29 is 27.9 Å². The number of carbonyl (C=O) groups is 3. The highest BCUT2D eigenvalue weighted by Crippen LogP contribution is 2.17. The molecule has 0 aromatic heterocycles. The van der Waals surface area contributed by atoms with Crippen LogP contribution in [0.4, 0.5) is 19.3 Å². The molecule has 0 spiro atoms. The maximum Gasteiger partial charge on any atom is 0.326 e. The Morgan fingerprint density at radius 3 is 2.82 bits per heavy atom. The van der Waals surface area contributed by atoms with Crippen LogP contribution >= 0.6 is 11.8 Å². The third kappa shape index (κ3) is 4.42. The molecule has 1 aromatic carbocycles. The number of thioether (sulfide) groups is 1. The Morgan fingerprint density at radius 2 is 2.14 bits per heavy atom. The van der Waals surface area contributed by atoms with E-state index < -0.39 is 30.1 Å². The fourth-order valence-corrected chi connectivity index (χ4v) is 2.52. The number of nitrogens with one attached hydrogen (secondary N) is 1. The average Bonchev–Trinajstić information content (AvgIpc) is 2.86. The molecule has 0 unspecified atom stereocenters. The third-order valence-corrected chi connectivity index (χ3v) is 3.62. The fraction of sp³-hybridized carbons (Fsp3) is 0.308. The molecule has 1 N–H and O–H groups in total.